The fourth-order valence-electron chi connectivity index (χ4n) is 2.72. The van der Waals surface area contributed by atoms with E-state index >= 15 is 0 Å². The van der Waals surface area contributed by atoms with Gasteiger partial charge in [0.25, 0.3) is 5.69 Å². The van der Waals surface area contributed by atoms with E-state index in [2.05, 4.69) is 15.8 Å². The third-order valence-corrected chi connectivity index (χ3v) is 4.65. The molecule has 0 atom stereocenters. The van der Waals surface area contributed by atoms with Crippen LogP contribution in [-0.2, 0) is 6.54 Å². The highest BCUT2D eigenvalue weighted by molar-refractivity contribution is 7.13. The second kappa shape index (κ2) is 5.45. The maximum atomic E-state index is 11.4. The first kappa shape index (κ1) is 13.9. The van der Waals surface area contributed by atoms with E-state index in [1.54, 1.807) is 23.5 Å². The van der Waals surface area contributed by atoms with Crippen LogP contribution in [0.25, 0.3) is 21.7 Å². The molecule has 3 heterocycles. The molecule has 1 aliphatic rings. The lowest BCUT2D eigenvalue weighted by Gasteiger charge is -2.10. The molecule has 2 aromatic heterocycles. The highest BCUT2D eigenvalue weighted by Gasteiger charge is 2.23. The summed E-state index contributed by atoms with van der Waals surface area (Å²) >= 11 is 1.59. The summed E-state index contributed by atoms with van der Waals surface area (Å²) in [5.41, 5.74) is 9.38. The van der Waals surface area contributed by atoms with Crippen LogP contribution in [0.4, 0.5) is 11.5 Å². The maximum absolute atomic E-state index is 11.4. The minimum atomic E-state index is -0.344. The first-order chi connectivity index (χ1) is 11.2. The molecular formula is C16H12N4O2S. The van der Waals surface area contributed by atoms with Gasteiger partial charge in [-0.15, -0.1) is 11.3 Å². The van der Waals surface area contributed by atoms with Crippen LogP contribution >= 0.6 is 11.3 Å². The summed E-state index contributed by atoms with van der Waals surface area (Å²) < 4.78 is 0. The number of rotatable bonds is 3. The molecule has 4 rings (SSSR count). The Morgan fingerprint density at radius 2 is 2.04 bits per heavy atom. The van der Waals surface area contributed by atoms with E-state index in [0.29, 0.717) is 12.1 Å². The fourth-order valence-corrected chi connectivity index (χ4v) is 3.41. The Balaban J connectivity index is 1.97. The number of nitro benzene ring substituents is 1. The summed E-state index contributed by atoms with van der Waals surface area (Å²) in [4.78, 5) is 16.7. The number of aromatic nitrogens is 1. The zero-order chi connectivity index (χ0) is 15.8. The van der Waals surface area contributed by atoms with Gasteiger partial charge in [0.15, 0.2) is 0 Å². The molecule has 0 spiro atoms. The smallest absolute Gasteiger partial charge is 0.277 e. The van der Waals surface area contributed by atoms with Crippen LogP contribution in [0.15, 0.2) is 47.8 Å². The largest absolute Gasteiger partial charge is 0.305 e. The molecule has 0 unspecified atom stereocenters. The Morgan fingerprint density at radius 3 is 2.83 bits per heavy atom. The summed E-state index contributed by atoms with van der Waals surface area (Å²) in [6, 6.07) is 12.7. The standard InChI is InChI=1S/C16H12N4O2S/c21-20(22)14-5-2-1-4-10(14)11-8-13(15-6-3-7-23-15)18-16-12(11)9-17-19-16/h1-8,17H,9H2,(H,18,19). The van der Waals surface area contributed by atoms with Crippen LogP contribution in [0, 0.1) is 10.1 Å². The molecule has 0 fully saturated rings. The Hall–Kier alpha value is -2.77. The van der Waals surface area contributed by atoms with Gasteiger partial charge >= 0.3 is 0 Å². The molecule has 6 nitrogen and oxygen atoms in total. The van der Waals surface area contributed by atoms with Crippen molar-refractivity contribution in [1.82, 2.24) is 10.4 Å². The highest BCUT2D eigenvalue weighted by atomic mass is 32.1. The van der Waals surface area contributed by atoms with Gasteiger partial charge in [-0.05, 0) is 29.1 Å². The number of nitrogens with zero attached hydrogens (tertiary/aromatic N) is 2. The van der Waals surface area contributed by atoms with Crippen LogP contribution in [0.3, 0.4) is 0 Å². The maximum Gasteiger partial charge on any atom is 0.277 e. The van der Waals surface area contributed by atoms with Gasteiger partial charge in [0.2, 0.25) is 0 Å². The molecule has 1 aliphatic heterocycles. The van der Waals surface area contributed by atoms with Gasteiger partial charge in [0.1, 0.15) is 5.82 Å². The number of hydrogen-bond donors (Lipinski definition) is 2. The number of pyridine rings is 1. The van der Waals surface area contributed by atoms with Crippen molar-refractivity contribution in [2.75, 3.05) is 5.43 Å². The summed E-state index contributed by atoms with van der Waals surface area (Å²) in [6.45, 7) is 0.578. The van der Waals surface area contributed by atoms with Gasteiger partial charge in [0, 0.05) is 18.2 Å². The van der Waals surface area contributed by atoms with Gasteiger partial charge in [-0.3, -0.25) is 10.1 Å². The molecular weight excluding hydrogens is 312 g/mol. The molecule has 114 valence electrons. The van der Waals surface area contributed by atoms with Crippen LogP contribution < -0.4 is 10.9 Å². The molecule has 7 heteroatoms. The third kappa shape index (κ3) is 2.36. The lowest BCUT2D eigenvalue weighted by molar-refractivity contribution is -0.384. The predicted molar refractivity (Wildman–Crippen MR) is 90.1 cm³/mol. The molecule has 1 aromatic carbocycles. The lowest BCUT2D eigenvalue weighted by Crippen LogP contribution is -2.11. The Kier molecular flexibility index (Phi) is 3.29. The fraction of sp³-hybridized carbons (Fsp3) is 0.0625. The third-order valence-electron chi connectivity index (χ3n) is 3.76. The van der Waals surface area contributed by atoms with Crippen molar-refractivity contribution in [3.63, 3.8) is 0 Å². The van der Waals surface area contributed by atoms with Crippen molar-refractivity contribution >= 4 is 22.8 Å². The van der Waals surface area contributed by atoms with Gasteiger partial charge in [-0.2, -0.15) is 0 Å². The number of hydrazine groups is 1. The quantitative estimate of drug-likeness (QED) is 0.565. The zero-order valence-corrected chi connectivity index (χ0v) is 12.8. The van der Waals surface area contributed by atoms with Crippen LogP contribution in [0.5, 0.6) is 0 Å². The number of hydrogen-bond acceptors (Lipinski definition) is 6. The van der Waals surface area contributed by atoms with E-state index in [1.807, 2.05) is 29.6 Å². The van der Waals surface area contributed by atoms with Crippen LogP contribution in [0.2, 0.25) is 0 Å². The van der Waals surface area contributed by atoms with Crippen molar-refractivity contribution in [3.05, 3.63) is 63.5 Å². The Morgan fingerprint density at radius 1 is 1.17 bits per heavy atom. The van der Waals surface area contributed by atoms with Crippen molar-refractivity contribution in [2.24, 2.45) is 0 Å². The monoisotopic (exact) mass is 324 g/mol. The minimum absolute atomic E-state index is 0.102. The number of para-hydroxylation sites is 1. The molecule has 0 saturated carbocycles. The summed E-state index contributed by atoms with van der Waals surface area (Å²) in [7, 11) is 0. The highest BCUT2D eigenvalue weighted by Crippen LogP contribution is 2.38. The minimum Gasteiger partial charge on any atom is -0.305 e. The van der Waals surface area contributed by atoms with E-state index in [9.17, 15) is 10.1 Å². The first-order valence-electron chi connectivity index (χ1n) is 7.04. The number of nitro groups is 1. The SMILES string of the molecule is O=[N+]([O-])c1ccccc1-c1cc(-c2cccs2)nc2c1CNN2. The van der Waals surface area contributed by atoms with Gasteiger partial charge in [-0.1, -0.05) is 18.2 Å². The Labute approximate surface area is 135 Å². The van der Waals surface area contributed by atoms with Gasteiger partial charge in [-0.25, -0.2) is 10.4 Å². The average molecular weight is 324 g/mol. The lowest BCUT2D eigenvalue weighted by atomic mass is 9.98. The van der Waals surface area contributed by atoms with E-state index in [1.165, 1.54) is 6.07 Å². The van der Waals surface area contributed by atoms with Crippen molar-refractivity contribution in [1.29, 1.82) is 0 Å². The average Bonchev–Trinajstić information content (AvgIpc) is 3.25. The second-order valence-electron chi connectivity index (χ2n) is 5.11. The number of fused-ring (bicyclic) bond motifs is 1. The molecule has 0 aliphatic carbocycles. The molecule has 0 bridgehead atoms. The molecule has 3 aromatic rings. The van der Waals surface area contributed by atoms with Gasteiger partial charge < -0.3 is 5.43 Å². The number of nitrogens with one attached hydrogen (secondary N) is 2. The summed E-state index contributed by atoms with van der Waals surface area (Å²) in [5, 5.41) is 13.4. The van der Waals surface area contributed by atoms with Crippen LogP contribution in [-0.4, -0.2) is 9.91 Å². The first-order valence-corrected chi connectivity index (χ1v) is 7.92. The van der Waals surface area contributed by atoms with Crippen molar-refractivity contribution in [2.45, 2.75) is 6.54 Å². The van der Waals surface area contributed by atoms with E-state index in [0.717, 1.165) is 27.5 Å². The van der Waals surface area contributed by atoms with Gasteiger partial charge in [0.05, 0.1) is 21.1 Å². The van der Waals surface area contributed by atoms with Crippen LogP contribution in [0.1, 0.15) is 5.56 Å². The number of benzene rings is 1. The molecule has 0 amide bonds. The Bertz CT molecular complexity index is 893. The van der Waals surface area contributed by atoms with Crippen molar-refractivity contribution in [3.8, 4) is 21.7 Å². The molecule has 23 heavy (non-hydrogen) atoms. The zero-order valence-electron chi connectivity index (χ0n) is 11.9. The van der Waals surface area contributed by atoms with E-state index in [4.69, 9.17) is 0 Å². The molecule has 0 radical (unpaired) electrons. The molecule has 2 N–H and O–H groups in total. The second-order valence-corrected chi connectivity index (χ2v) is 6.06. The van der Waals surface area contributed by atoms with Crippen molar-refractivity contribution < 1.29 is 4.92 Å². The number of thiophene rings is 1. The summed E-state index contributed by atoms with van der Waals surface area (Å²) in [6.07, 6.45) is 0. The summed E-state index contributed by atoms with van der Waals surface area (Å²) in [5.74, 6) is 0.726. The molecule has 0 saturated heterocycles. The normalized spacial score (nSPS) is 12.7. The van der Waals surface area contributed by atoms with E-state index < -0.39 is 0 Å². The predicted octanol–water partition coefficient (Wildman–Crippen LogP) is 3.82. The van der Waals surface area contributed by atoms with E-state index in [-0.39, 0.29) is 10.6 Å². The topological polar surface area (TPSA) is 80.1 Å². The number of anilines is 1.